The monoisotopic (exact) mass is 390 g/mol. The van der Waals surface area contributed by atoms with Crippen LogP contribution in [0, 0.1) is 0 Å². The van der Waals surface area contributed by atoms with Gasteiger partial charge in [0, 0.05) is 11.6 Å². The van der Waals surface area contributed by atoms with Crippen molar-refractivity contribution >= 4 is 12.2 Å². The molecule has 1 aliphatic rings. The van der Waals surface area contributed by atoms with Crippen LogP contribution in [0.25, 0.3) is 12.2 Å². The predicted octanol–water partition coefficient (Wildman–Crippen LogP) is 0.447. The van der Waals surface area contributed by atoms with Crippen molar-refractivity contribution < 1.29 is 40.1 Å². The molecule has 5 atom stereocenters. The highest BCUT2D eigenvalue weighted by atomic mass is 16.7. The molecule has 0 unspecified atom stereocenters. The summed E-state index contributed by atoms with van der Waals surface area (Å²) < 4.78 is 10.7. The summed E-state index contributed by atoms with van der Waals surface area (Å²) in [4.78, 5) is 0. The van der Waals surface area contributed by atoms with Crippen LogP contribution in [-0.4, -0.2) is 68.0 Å². The Morgan fingerprint density at radius 2 is 1.61 bits per heavy atom. The highest BCUT2D eigenvalue weighted by Crippen LogP contribution is 2.29. The number of aromatic hydroxyl groups is 2. The minimum absolute atomic E-state index is 0.0860. The molecule has 0 aromatic heterocycles. The summed E-state index contributed by atoms with van der Waals surface area (Å²) in [6.45, 7) is -0.558. The second-order valence-electron chi connectivity index (χ2n) is 6.46. The number of aliphatic hydroxyl groups excluding tert-OH is 4. The van der Waals surface area contributed by atoms with Crippen LogP contribution in [-0.2, 0) is 4.74 Å². The smallest absolute Gasteiger partial charge is 0.229 e. The number of hydrogen-bond acceptors (Lipinski definition) is 8. The predicted molar refractivity (Wildman–Crippen MR) is 99.5 cm³/mol. The molecular weight excluding hydrogens is 368 g/mol. The Hall–Kier alpha value is -2.62. The van der Waals surface area contributed by atoms with E-state index in [4.69, 9.17) is 9.47 Å². The van der Waals surface area contributed by atoms with Crippen molar-refractivity contribution in [1.29, 1.82) is 0 Å². The molecule has 8 heteroatoms. The quantitative estimate of drug-likeness (QED) is 0.405. The number of rotatable bonds is 5. The molecule has 1 fully saturated rings. The molecule has 0 radical (unpaired) electrons. The Labute approximate surface area is 161 Å². The Kier molecular flexibility index (Phi) is 6.18. The lowest BCUT2D eigenvalue weighted by molar-refractivity contribution is -0.277. The van der Waals surface area contributed by atoms with Gasteiger partial charge in [-0.1, -0.05) is 24.3 Å². The molecule has 3 rings (SSSR count). The molecule has 28 heavy (non-hydrogen) atoms. The van der Waals surface area contributed by atoms with Gasteiger partial charge in [0.25, 0.3) is 0 Å². The van der Waals surface area contributed by atoms with Crippen molar-refractivity contribution in [2.24, 2.45) is 0 Å². The molecule has 150 valence electrons. The van der Waals surface area contributed by atoms with Crippen LogP contribution in [0.5, 0.6) is 17.2 Å². The van der Waals surface area contributed by atoms with Crippen molar-refractivity contribution in [2.45, 2.75) is 30.7 Å². The Morgan fingerprint density at radius 3 is 2.25 bits per heavy atom. The van der Waals surface area contributed by atoms with Gasteiger partial charge in [-0.15, -0.1) is 0 Å². The lowest BCUT2D eigenvalue weighted by Gasteiger charge is -2.39. The Balaban J connectivity index is 1.70. The summed E-state index contributed by atoms with van der Waals surface area (Å²) in [6.07, 6.45) is -3.52. The van der Waals surface area contributed by atoms with Crippen molar-refractivity contribution in [1.82, 2.24) is 0 Å². The van der Waals surface area contributed by atoms with Gasteiger partial charge < -0.3 is 40.1 Å². The topological polar surface area (TPSA) is 140 Å². The van der Waals surface area contributed by atoms with Crippen molar-refractivity contribution in [2.75, 3.05) is 6.61 Å². The zero-order valence-electron chi connectivity index (χ0n) is 14.8. The van der Waals surface area contributed by atoms with E-state index in [2.05, 4.69) is 0 Å². The molecule has 1 heterocycles. The first-order valence-corrected chi connectivity index (χ1v) is 8.66. The number of ether oxygens (including phenoxy) is 2. The van der Waals surface area contributed by atoms with E-state index in [0.717, 1.165) is 5.56 Å². The molecule has 0 aliphatic carbocycles. The first kappa shape index (κ1) is 20.1. The average Bonchev–Trinajstić information content (AvgIpc) is 2.69. The maximum atomic E-state index is 10.2. The van der Waals surface area contributed by atoms with Crippen LogP contribution in [0.15, 0.2) is 42.5 Å². The Morgan fingerprint density at radius 1 is 0.893 bits per heavy atom. The minimum atomic E-state index is -1.54. The highest BCUT2D eigenvalue weighted by Gasteiger charge is 2.44. The molecule has 1 saturated heterocycles. The molecule has 8 nitrogen and oxygen atoms in total. The number of benzene rings is 2. The molecule has 6 N–H and O–H groups in total. The first-order chi connectivity index (χ1) is 13.4. The third kappa shape index (κ3) is 4.44. The first-order valence-electron chi connectivity index (χ1n) is 8.66. The standard InChI is InChI=1S/C20H22O8/c21-10-16-17(24)18(25)19(26)20(28-16)27-14-8-5-12(15(23)9-14)4-1-11-2-6-13(22)7-3-11/h1-9,16-26H,10H2/t16-,17-,18-,19+,20-/m1/s1. The van der Waals surface area contributed by atoms with E-state index in [-0.39, 0.29) is 17.2 Å². The van der Waals surface area contributed by atoms with E-state index in [1.54, 1.807) is 42.5 Å². The summed E-state index contributed by atoms with van der Waals surface area (Å²) in [7, 11) is 0. The molecule has 0 saturated carbocycles. The molecular formula is C20H22O8. The molecule has 2 aromatic carbocycles. The molecule has 2 aromatic rings. The third-order valence-electron chi connectivity index (χ3n) is 4.45. The zero-order chi connectivity index (χ0) is 20.3. The van der Waals surface area contributed by atoms with E-state index in [0.29, 0.717) is 5.56 Å². The maximum absolute atomic E-state index is 10.2. The summed E-state index contributed by atoms with van der Waals surface area (Å²) in [5.41, 5.74) is 1.34. The number of aliphatic hydroxyl groups is 4. The number of hydrogen-bond donors (Lipinski definition) is 6. The summed E-state index contributed by atoms with van der Waals surface area (Å²) in [6, 6.07) is 11.0. The lowest BCUT2D eigenvalue weighted by atomic mass is 9.99. The van der Waals surface area contributed by atoms with Crippen molar-refractivity contribution in [3.8, 4) is 17.2 Å². The summed E-state index contributed by atoms with van der Waals surface area (Å²) >= 11 is 0. The van der Waals surface area contributed by atoms with Gasteiger partial charge in [-0.3, -0.25) is 0 Å². The van der Waals surface area contributed by atoms with Gasteiger partial charge in [0.2, 0.25) is 6.29 Å². The van der Waals surface area contributed by atoms with Gasteiger partial charge in [-0.25, -0.2) is 0 Å². The SMILES string of the molecule is OC[C@H]1O[C@@H](Oc2ccc(C=Cc3ccc(O)cc3)c(O)c2)[C@@H](O)[C@H](O)[C@@H]1O. The van der Waals surface area contributed by atoms with E-state index < -0.39 is 37.3 Å². The van der Waals surface area contributed by atoms with Gasteiger partial charge in [0.05, 0.1) is 6.61 Å². The van der Waals surface area contributed by atoms with Gasteiger partial charge in [0.1, 0.15) is 41.7 Å². The fourth-order valence-electron chi connectivity index (χ4n) is 2.81. The lowest BCUT2D eigenvalue weighted by Crippen LogP contribution is -2.60. The van der Waals surface area contributed by atoms with Crippen LogP contribution in [0.2, 0.25) is 0 Å². The largest absolute Gasteiger partial charge is 0.508 e. The molecule has 0 bridgehead atoms. The summed E-state index contributed by atoms with van der Waals surface area (Å²) in [5.74, 6) is 0.246. The van der Waals surface area contributed by atoms with Crippen molar-refractivity contribution in [3.63, 3.8) is 0 Å². The zero-order valence-corrected chi connectivity index (χ0v) is 14.8. The van der Waals surface area contributed by atoms with Gasteiger partial charge in [-0.05, 0) is 29.8 Å². The molecule has 0 amide bonds. The Bertz CT molecular complexity index is 817. The van der Waals surface area contributed by atoms with Crippen LogP contribution < -0.4 is 4.74 Å². The third-order valence-corrected chi connectivity index (χ3v) is 4.45. The maximum Gasteiger partial charge on any atom is 0.229 e. The fraction of sp³-hybridized carbons (Fsp3) is 0.300. The molecule has 1 aliphatic heterocycles. The van der Waals surface area contributed by atoms with Crippen molar-refractivity contribution in [3.05, 3.63) is 53.6 Å². The van der Waals surface area contributed by atoms with Gasteiger partial charge in [-0.2, -0.15) is 0 Å². The second kappa shape index (κ2) is 8.59. The highest BCUT2D eigenvalue weighted by molar-refractivity contribution is 5.73. The summed E-state index contributed by atoms with van der Waals surface area (Å²) in [5, 5.41) is 58.3. The van der Waals surface area contributed by atoms with Gasteiger partial charge >= 0.3 is 0 Å². The van der Waals surface area contributed by atoms with E-state index >= 15 is 0 Å². The number of phenolic OH excluding ortho intramolecular Hbond substituents is 2. The van der Waals surface area contributed by atoms with Gasteiger partial charge in [0.15, 0.2) is 0 Å². The van der Waals surface area contributed by atoms with E-state index in [1.807, 2.05) is 0 Å². The minimum Gasteiger partial charge on any atom is -0.508 e. The second-order valence-corrected chi connectivity index (χ2v) is 6.46. The molecule has 0 spiro atoms. The fourth-order valence-corrected chi connectivity index (χ4v) is 2.81. The van der Waals surface area contributed by atoms with Crippen LogP contribution >= 0.6 is 0 Å². The van der Waals surface area contributed by atoms with E-state index in [1.165, 1.54) is 12.1 Å². The normalized spacial score (nSPS) is 27.8. The van der Waals surface area contributed by atoms with Crippen LogP contribution in [0.1, 0.15) is 11.1 Å². The number of phenols is 2. The van der Waals surface area contributed by atoms with Crippen LogP contribution in [0.3, 0.4) is 0 Å². The average molecular weight is 390 g/mol. The van der Waals surface area contributed by atoms with Crippen LogP contribution in [0.4, 0.5) is 0 Å². The van der Waals surface area contributed by atoms with E-state index in [9.17, 15) is 30.6 Å².